The molecule has 0 amide bonds. The second kappa shape index (κ2) is 5.38. The maximum absolute atomic E-state index is 4.42. The highest BCUT2D eigenvalue weighted by atomic mass is 15.4. The summed E-state index contributed by atoms with van der Waals surface area (Å²) in [5.41, 5.74) is 1.20. The predicted molar refractivity (Wildman–Crippen MR) is 82.0 cm³/mol. The second-order valence-electron chi connectivity index (χ2n) is 7.06. The number of hydrogen-bond donors (Lipinski definition) is 0. The number of aromatic nitrogens is 4. The lowest BCUT2D eigenvalue weighted by molar-refractivity contribution is 0.397. The summed E-state index contributed by atoms with van der Waals surface area (Å²) >= 11 is 0. The molecule has 2 aromatic heterocycles. The van der Waals surface area contributed by atoms with Crippen LogP contribution in [0.4, 0.5) is 5.82 Å². The van der Waals surface area contributed by atoms with Crippen LogP contribution in [0.5, 0.6) is 0 Å². The van der Waals surface area contributed by atoms with Gasteiger partial charge in [0.05, 0.1) is 0 Å². The van der Waals surface area contributed by atoms with Crippen molar-refractivity contribution >= 4 is 11.6 Å². The van der Waals surface area contributed by atoms with Gasteiger partial charge < -0.3 is 4.90 Å². The molecule has 0 saturated heterocycles. The Morgan fingerprint density at radius 2 is 2.00 bits per heavy atom. The molecule has 110 valence electrons. The Bertz CT molecular complexity index is 579. The second-order valence-corrected chi connectivity index (χ2v) is 7.06. The van der Waals surface area contributed by atoms with Crippen molar-refractivity contribution < 1.29 is 0 Å². The number of aryl methyl sites for hydroxylation is 1. The standard InChI is InChI=1S/C15H25N5/c1-11(2)8-19(9-15(4,5)6)13-7-12(3)18-14-16-10-17-20(13)14/h7,10-11H,8-9H2,1-6H3. The Morgan fingerprint density at radius 1 is 1.30 bits per heavy atom. The van der Waals surface area contributed by atoms with Gasteiger partial charge in [0.1, 0.15) is 12.1 Å². The van der Waals surface area contributed by atoms with Crippen molar-refractivity contribution in [3.8, 4) is 0 Å². The topological polar surface area (TPSA) is 46.3 Å². The van der Waals surface area contributed by atoms with Gasteiger partial charge in [-0.2, -0.15) is 14.6 Å². The van der Waals surface area contributed by atoms with Crippen LogP contribution in [0.1, 0.15) is 40.3 Å². The fourth-order valence-electron chi connectivity index (χ4n) is 2.39. The minimum atomic E-state index is 0.221. The van der Waals surface area contributed by atoms with Gasteiger partial charge in [0.15, 0.2) is 0 Å². The smallest absolute Gasteiger partial charge is 0.254 e. The van der Waals surface area contributed by atoms with E-state index in [1.54, 1.807) is 6.33 Å². The number of anilines is 1. The van der Waals surface area contributed by atoms with E-state index in [2.05, 4.69) is 60.7 Å². The van der Waals surface area contributed by atoms with Crippen molar-refractivity contribution in [2.24, 2.45) is 11.3 Å². The SMILES string of the molecule is Cc1cc(N(CC(C)C)CC(C)(C)C)n2ncnc2n1. The van der Waals surface area contributed by atoms with E-state index in [1.807, 2.05) is 11.4 Å². The lowest BCUT2D eigenvalue weighted by Crippen LogP contribution is -2.36. The summed E-state index contributed by atoms with van der Waals surface area (Å²) in [4.78, 5) is 11.0. The Labute approximate surface area is 121 Å². The third kappa shape index (κ3) is 3.46. The molecule has 2 heterocycles. The van der Waals surface area contributed by atoms with E-state index < -0.39 is 0 Å². The van der Waals surface area contributed by atoms with E-state index in [1.165, 1.54) is 0 Å². The van der Waals surface area contributed by atoms with Crippen LogP contribution in [0.3, 0.4) is 0 Å². The highest BCUT2D eigenvalue weighted by Gasteiger charge is 2.20. The first kappa shape index (κ1) is 14.8. The summed E-state index contributed by atoms with van der Waals surface area (Å²) in [5.74, 6) is 2.33. The molecule has 0 radical (unpaired) electrons. The first-order valence-corrected chi connectivity index (χ1v) is 7.18. The summed E-state index contributed by atoms with van der Waals surface area (Å²) in [6.45, 7) is 15.2. The van der Waals surface area contributed by atoms with Crippen molar-refractivity contribution in [3.05, 3.63) is 18.1 Å². The largest absolute Gasteiger partial charge is 0.356 e. The number of rotatable bonds is 4. The van der Waals surface area contributed by atoms with Gasteiger partial charge in [-0.1, -0.05) is 34.6 Å². The van der Waals surface area contributed by atoms with Crippen LogP contribution in [0.15, 0.2) is 12.4 Å². The van der Waals surface area contributed by atoms with Crippen LogP contribution in [0.2, 0.25) is 0 Å². The fourth-order valence-corrected chi connectivity index (χ4v) is 2.39. The molecule has 0 bridgehead atoms. The zero-order valence-corrected chi connectivity index (χ0v) is 13.4. The van der Waals surface area contributed by atoms with Gasteiger partial charge in [0.2, 0.25) is 0 Å². The molecular weight excluding hydrogens is 250 g/mol. The maximum atomic E-state index is 4.42. The van der Waals surface area contributed by atoms with Gasteiger partial charge in [-0.15, -0.1) is 0 Å². The first-order valence-electron chi connectivity index (χ1n) is 7.18. The van der Waals surface area contributed by atoms with Gasteiger partial charge in [0.25, 0.3) is 5.78 Å². The molecule has 0 N–H and O–H groups in total. The van der Waals surface area contributed by atoms with Crippen LogP contribution in [0, 0.1) is 18.3 Å². The maximum Gasteiger partial charge on any atom is 0.254 e. The zero-order valence-electron chi connectivity index (χ0n) is 13.4. The van der Waals surface area contributed by atoms with Gasteiger partial charge in [0, 0.05) is 24.8 Å². The first-order chi connectivity index (χ1) is 9.26. The molecule has 0 fully saturated rings. The van der Waals surface area contributed by atoms with E-state index in [-0.39, 0.29) is 5.41 Å². The summed E-state index contributed by atoms with van der Waals surface area (Å²) in [6.07, 6.45) is 1.57. The molecule has 5 nitrogen and oxygen atoms in total. The quantitative estimate of drug-likeness (QED) is 0.860. The Balaban J connectivity index is 2.46. The van der Waals surface area contributed by atoms with E-state index in [0.717, 1.165) is 24.6 Å². The Morgan fingerprint density at radius 3 is 2.60 bits per heavy atom. The van der Waals surface area contributed by atoms with Crippen molar-refractivity contribution in [2.45, 2.75) is 41.5 Å². The molecule has 2 aromatic rings. The Hall–Kier alpha value is -1.65. The molecule has 0 unspecified atom stereocenters. The molecule has 0 aliphatic rings. The third-order valence-corrected chi connectivity index (χ3v) is 2.94. The van der Waals surface area contributed by atoms with Crippen LogP contribution in [-0.4, -0.2) is 32.7 Å². The lowest BCUT2D eigenvalue weighted by Gasteiger charge is -2.33. The van der Waals surface area contributed by atoms with Gasteiger partial charge in [-0.3, -0.25) is 0 Å². The molecule has 5 heteroatoms. The molecule has 2 rings (SSSR count). The third-order valence-electron chi connectivity index (χ3n) is 2.94. The number of nitrogens with zero attached hydrogens (tertiary/aromatic N) is 5. The van der Waals surface area contributed by atoms with Crippen LogP contribution in [-0.2, 0) is 0 Å². The van der Waals surface area contributed by atoms with Crippen LogP contribution >= 0.6 is 0 Å². The van der Waals surface area contributed by atoms with Crippen molar-refractivity contribution in [3.63, 3.8) is 0 Å². The van der Waals surface area contributed by atoms with E-state index >= 15 is 0 Å². The monoisotopic (exact) mass is 275 g/mol. The van der Waals surface area contributed by atoms with Crippen LogP contribution in [0.25, 0.3) is 5.78 Å². The van der Waals surface area contributed by atoms with Gasteiger partial charge in [-0.05, 0) is 18.3 Å². The molecule has 0 atom stereocenters. The van der Waals surface area contributed by atoms with Crippen molar-refractivity contribution in [2.75, 3.05) is 18.0 Å². The fraction of sp³-hybridized carbons (Fsp3) is 0.667. The van der Waals surface area contributed by atoms with E-state index in [9.17, 15) is 0 Å². The summed E-state index contributed by atoms with van der Waals surface area (Å²) in [6, 6.07) is 2.09. The van der Waals surface area contributed by atoms with Crippen molar-refractivity contribution in [1.29, 1.82) is 0 Å². The van der Waals surface area contributed by atoms with Crippen LogP contribution < -0.4 is 4.90 Å². The average molecular weight is 275 g/mol. The zero-order chi connectivity index (χ0) is 14.9. The lowest BCUT2D eigenvalue weighted by atomic mass is 9.95. The molecule has 0 saturated carbocycles. The highest BCUT2D eigenvalue weighted by molar-refractivity contribution is 5.47. The molecule has 0 aliphatic carbocycles. The normalized spacial score (nSPS) is 12.3. The minimum absolute atomic E-state index is 0.221. The average Bonchev–Trinajstić information content (AvgIpc) is 2.72. The summed E-state index contributed by atoms with van der Waals surface area (Å²) in [5, 5.41) is 4.32. The molecule has 0 spiro atoms. The van der Waals surface area contributed by atoms with E-state index in [4.69, 9.17) is 0 Å². The minimum Gasteiger partial charge on any atom is -0.356 e. The molecular formula is C15H25N5. The number of hydrogen-bond acceptors (Lipinski definition) is 4. The summed E-state index contributed by atoms with van der Waals surface area (Å²) < 4.78 is 1.83. The van der Waals surface area contributed by atoms with Crippen molar-refractivity contribution in [1.82, 2.24) is 19.6 Å². The molecule has 0 aromatic carbocycles. The van der Waals surface area contributed by atoms with Gasteiger partial charge >= 0.3 is 0 Å². The van der Waals surface area contributed by atoms with E-state index in [0.29, 0.717) is 11.7 Å². The molecule has 20 heavy (non-hydrogen) atoms. The Kier molecular flexibility index (Phi) is 3.97. The highest BCUT2D eigenvalue weighted by Crippen LogP contribution is 2.23. The molecule has 0 aliphatic heterocycles. The number of fused-ring (bicyclic) bond motifs is 1. The summed E-state index contributed by atoms with van der Waals surface area (Å²) in [7, 11) is 0. The predicted octanol–water partition coefficient (Wildman–Crippen LogP) is 2.94. The van der Waals surface area contributed by atoms with Gasteiger partial charge in [-0.25, -0.2) is 4.98 Å².